The first-order valence-electron chi connectivity index (χ1n) is 6.27. The third-order valence-corrected chi connectivity index (χ3v) is 6.60. The monoisotopic (exact) mass is 395 g/mol. The standard InChI is InChI=1S/C13H15BrClNO4S/c1-13(2)3-4-16(7-13)21(19,20)8-5-9(12(17)18)11(15)10(14)6-8/h5-6H,3-4,7H2,1-2H3,(H,17,18). The second-order valence-electron chi connectivity index (χ2n) is 5.82. The number of hydrogen-bond donors (Lipinski definition) is 1. The molecule has 1 aromatic rings. The van der Waals surface area contributed by atoms with Crippen LogP contribution in [0.3, 0.4) is 0 Å². The van der Waals surface area contributed by atoms with E-state index in [1.807, 2.05) is 13.8 Å². The summed E-state index contributed by atoms with van der Waals surface area (Å²) in [6.07, 6.45) is 0.771. The molecule has 1 aromatic carbocycles. The highest BCUT2D eigenvalue weighted by Crippen LogP contribution is 2.35. The van der Waals surface area contributed by atoms with Crippen LogP contribution in [0.5, 0.6) is 0 Å². The normalized spacial score (nSPS) is 18.9. The predicted octanol–water partition coefficient (Wildman–Crippen LogP) is 3.22. The Bertz CT molecular complexity index is 702. The van der Waals surface area contributed by atoms with Gasteiger partial charge in [-0.05, 0) is 39.9 Å². The molecule has 2 rings (SSSR count). The van der Waals surface area contributed by atoms with Gasteiger partial charge in [-0.25, -0.2) is 13.2 Å². The molecule has 1 fully saturated rings. The smallest absolute Gasteiger partial charge is 0.337 e. The summed E-state index contributed by atoms with van der Waals surface area (Å²) in [5.41, 5.74) is -0.310. The lowest BCUT2D eigenvalue weighted by molar-refractivity contribution is 0.0696. The lowest BCUT2D eigenvalue weighted by Crippen LogP contribution is -2.30. The van der Waals surface area contributed by atoms with Crippen LogP contribution in [0.2, 0.25) is 5.02 Å². The van der Waals surface area contributed by atoms with Crippen LogP contribution in [-0.2, 0) is 10.0 Å². The van der Waals surface area contributed by atoms with Crippen molar-refractivity contribution in [3.05, 3.63) is 27.2 Å². The summed E-state index contributed by atoms with van der Waals surface area (Å²) in [7, 11) is -3.72. The van der Waals surface area contributed by atoms with E-state index < -0.39 is 16.0 Å². The number of sulfonamides is 1. The molecule has 0 aromatic heterocycles. The fraction of sp³-hybridized carbons (Fsp3) is 0.462. The predicted molar refractivity (Wildman–Crippen MR) is 83.3 cm³/mol. The molecule has 116 valence electrons. The zero-order valence-corrected chi connectivity index (χ0v) is 14.7. The lowest BCUT2D eigenvalue weighted by Gasteiger charge is -2.20. The van der Waals surface area contributed by atoms with E-state index in [2.05, 4.69) is 15.9 Å². The van der Waals surface area contributed by atoms with Crippen LogP contribution < -0.4 is 0 Å². The third kappa shape index (κ3) is 3.26. The van der Waals surface area contributed by atoms with Gasteiger partial charge >= 0.3 is 5.97 Å². The topological polar surface area (TPSA) is 74.7 Å². The van der Waals surface area contributed by atoms with Gasteiger partial charge in [0, 0.05) is 17.6 Å². The van der Waals surface area contributed by atoms with Crippen LogP contribution in [0.25, 0.3) is 0 Å². The number of carbonyl (C=O) groups is 1. The SMILES string of the molecule is CC1(C)CCN(S(=O)(=O)c2cc(Br)c(Cl)c(C(=O)O)c2)C1. The van der Waals surface area contributed by atoms with E-state index in [-0.39, 0.29) is 25.4 Å². The van der Waals surface area contributed by atoms with Crippen LogP contribution in [-0.4, -0.2) is 36.9 Å². The maximum absolute atomic E-state index is 12.6. The third-order valence-electron chi connectivity index (χ3n) is 3.51. The number of benzene rings is 1. The van der Waals surface area contributed by atoms with Gasteiger partial charge in [0.25, 0.3) is 0 Å². The molecule has 1 saturated heterocycles. The van der Waals surface area contributed by atoms with Crippen molar-refractivity contribution in [2.45, 2.75) is 25.2 Å². The van der Waals surface area contributed by atoms with E-state index in [0.717, 1.165) is 12.5 Å². The first kappa shape index (κ1) is 16.7. The van der Waals surface area contributed by atoms with Gasteiger partial charge in [0.1, 0.15) is 0 Å². The number of carboxylic acids is 1. The Morgan fingerprint density at radius 1 is 1.43 bits per heavy atom. The van der Waals surface area contributed by atoms with Crippen LogP contribution in [0, 0.1) is 5.41 Å². The van der Waals surface area contributed by atoms with Gasteiger partial charge in [0.2, 0.25) is 10.0 Å². The van der Waals surface area contributed by atoms with Crippen molar-refractivity contribution in [3.63, 3.8) is 0 Å². The van der Waals surface area contributed by atoms with Crippen LogP contribution >= 0.6 is 27.5 Å². The highest BCUT2D eigenvalue weighted by atomic mass is 79.9. The van der Waals surface area contributed by atoms with Crippen LogP contribution in [0.1, 0.15) is 30.6 Å². The van der Waals surface area contributed by atoms with Crippen molar-refractivity contribution in [2.75, 3.05) is 13.1 Å². The molecule has 5 nitrogen and oxygen atoms in total. The first-order valence-corrected chi connectivity index (χ1v) is 8.88. The van der Waals surface area contributed by atoms with Gasteiger partial charge in [-0.3, -0.25) is 0 Å². The number of carboxylic acid groups (broad SMARTS) is 1. The Hall–Kier alpha value is -0.630. The molecule has 1 aliphatic rings. The molecule has 0 aliphatic carbocycles. The summed E-state index contributed by atoms with van der Waals surface area (Å²) in [4.78, 5) is 11.1. The van der Waals surface area contributed by atoms with E-state index in [1.54, 1.807) is 0 Å². The molecule has 21 heavy (non-hydrogen) atoms. The van der Waals surface area contributed by atoms with Crippen molar-refractivity contribution in [3.8, 4) is 0 Å². The van der Waals surface area contributed by atoms with Crippen LogP contribution in [0.15, 0.2) is 21.5 Å². The molecule has 0 unspecified atom stereocenters. The van der Waals surface area contributed by atoms with Gasteiger partial charge in [0.05, 0.1) is 15.5 Å². The van der Waals surface area contributed by atoms with E-state index in [1.165, 1.54) is 10.4 Å². The minimum atomic E-state index is -3.72. The van der Waals surface area contributed by atoms with Crippen molar-refractivity contribution in [1.29, 1.82) is 0 Å². The maximum atomic E-state index is 12.6. The number of nitrogens with zero attached hydrogens (tertiary/aromatic N) is 1. The average Bonchev–Trinajstić information content (AvgIpc) is 2.73. The molecule has 8 heteroatoms. The number of halogens is 2. The van der Waals surface area contributed by atoms with E-state index in [0.29, 0.717) is 13.1 Å². The molecule has 0 bridgehead atoms. The summed E-state index contributed by atoms with van der Waals surface area (Å²) in [6.45, 7) is 4.85. The summed E-state index contributed by atoms with van der Waals surface area (Å²) in [5.74, 6) is -1.26. The molecule has 0 radical (unpaired) electrons. The molecule has 0 amide bonds. The van der Waals surface area contributed by atoms with Gasteiger partial charge < -0.3 is 5.11 Å². The fourth-order valence-electron chi connectivity index (χ4n) is 2.29. The molecule has 1 heterocycles. The minimum absolute atomic E-state index is 0.0109. The van der Waals surface area contributed by atoms with Gasteiger partial charge in [0.15, 0.2) is 0 Å². The zero-order valence-electron chi connectivity index (χ0n) is 11.6. The summed E-state index contributed by atoms with van der Waals surface area (Å²) in [6, 6.07) is 2.45. The summed E-state index contributed by atoms with van der Waals surface area (Å²) in [5, 5.41) is 9.10. The molecule has 1 aliphatic heterocycles. The Balaban J connectivity index is 2.49. The lowest BCUT2D eigenvalue weighted by atomic mass is 9.93. The molecule has 0 spiro atoms. The zero-order chi connectivity index (χ0) is 16.0. The quantitative estimate of drug-likeness (QED) is 0.851. The Kier molecular flexibility index (Phi) is 4.41. The second-order valence-corrected chi connectivity index (χ2v) is 8.99. The highest BCUT2D eigenvalue weighted by molar-refractivity contribution is 9.10. The average molecular weight is 397 g/mol. The van der Waals surface area contributed by atoms with Gasteiger partial charge in [-0.2, -0.15) is 4.31 Å². The van der Waals surface area contributed by atoms with E-state index in [4.69, 9.17) is 16.7 Å². The molecular weight excluding hydrogens is 382 g/mol. The van der Waals surface area contributed by atoms with E-state index >= 15 is 0 Å². The first-order chi connectivity index (χ1) is 9.54. The highest BCUT2D eigenvalue weighted by Gasteiger charge is 2.37. The Labute approximate surface area is 137 Å². The number of hydrogen-bond acceptors (Lipinski definition) is 3. The van der Waals surface area contributed by atoms with E-state index in [9.17, 15) is 13.2 Å². The second kappa shape index (κ2) is 5.53. The largest absolute Gasteiger partial charge is 0.478 e. The van der Waals surface area contributed by atoms with Crippen molar-refractivity contribution < 1.29 is 18.3 Å². The fourth-order valence-corrected chi connectivity index (χ4v) is 4.77. The summed E-state index contributed by atoms with van der Waals surface area (Å²) < 4.78 is 26.9. The molecule has 1 N–H and O–H groups in total. The molecule has 0 atom stereocenters. The molecular formula is C13H15BrClNO4S. The minimum Gasteiger partial charge on any atom is -0.478 e. The van der Waals surface area contributed by atoms with Crippen molar-refractivity contribution >= 4 is 43.5 Å². The van der Waals surface area contributed by atoms with Gasteiger partial charge in [-0.15, -0.1) is 0 Å². The Morgan fingerprint density at radius 2 is 2.05 bits per heavy atom. The number of aromatic carboxylic acids is 1. The van der Waals surface area contributed by atoms with Crippen molar-refractivity contribution in [2.24, 2.45) is 5.41 Å². The number of rotatable bonds is 3. The van der Waals surface area contributed by atoms with Crippen molar-refractivity contribution in [1.82, 2.24) is 4.31 Å². The van der Waals surface area contributed by atoms with Crippen LogP contribution in [0.4, 0.5) is 0 Å². The van der Waals surface area contributed by atoms with Gasteiger partial charge in [-0.1, -0.05) is 25.4 Å². The maximum Gasteiger partial charge on any atom is 0.337 e. The summed E-state index contributed by atoms with van der Waals surface area (Å²) >= 11 is 8.99. The Morgan fingerprint density at radius 3 is 2.52 bits per heavy atom. The molecule has 0 saturated carbocycles.